The first kappa shape index (κ1) is 14.2. The number of aryl methyl sites for hydroxylation is 2. The maximum atomic E-state index is 11.9. The Morgan fingerprint density at radius 3 is 2.84 bits per heavy atom. The Morgan fingerprint density at radius 1 is 1.47 bits per heavy atom. The van der Waals surface area contributed by atoms with Gasteiger partial charge in [-0.05, 0) is 29.0 Å². The molecule has 0 fully saturated rings. The highest BCUT2D eigenvalue weighted by Crippen LogP contribution is 2.20. The van der Waals surface area contributed by atoms with Gasteiger partial charge < -0.3 is 9.72 Å². The number of ether oxygens (including phenoxy) is 1. The fourth-order valence-corrected chi connectivity index (χ4v) is 2.27. The largest absolute Gasteiger partial charge is 0.378 e. The van der Waals surface area contributed by atoms with Crippen LogP contribution in [-0.4, -0.2) is 26.9 Å². The minimum atomic E-state index is -0.149. The van der Waals surface area contributed by atoms with E-state index in [0.717, 1.165) is 17.7 Å². The van der Waals surface area contributed by atoms with Gasteiger partial charge in [-0.3, -0.25) is 9.48 Å². The van der Waals surface area contributed by atoms with E-state index in [1.807, 2.05) is 42.8 Å². The number of nitrogens with zero attached hydrogens (tertiary/aromatic N) is 3. The number of aromatic amines is 1. The molecule has 7 heteroatoms. The molecule has 0 unspecified atom stereocenters. The van der Waals surface area contributed by atoms with Crippen LogP contribution >= 0.6 is 22.6 Å². The number of methoxy groups -OCH3 is 1. The van der Waals surface area contributed by atoms with Crippen LogP contribution in [0.1, 0.15) is 18.3 Å². The third kappa shape index (κ3) is 2.86. The van der Waals surface area contributed by atoms with Crippen molar-refractivity contribution in [2.24, 2.45) is 7.05 Å². The van der Waals surface area contributed by atoms with Crippen LogP contribution < -0.4 is 5.56 Å². The molecule has 0 saturated heterocycles. The molecule has 2 aromatic rings. The van der Waals surface area contributed by atoms with Crippen molar-refractivity contribution in [3.8, 4) is 11.4 Å². The summed E-state index contributed by atoms with van der Waals surface area (Å²) in [5.41, 5.74) is 2.27. The van der Waals surface area contributed by atoms with Gasteiger partial charge in [-0.2, -0.15) is 5.10 Å². The van der Waals surface area contributed by atoms with E-state index < -0.39 is 0 Å². The van der Waals surface area contributed by atoms with E-state index in [0.29, 0.717) is 21.7 Å². The third-order valence-electron chi connectivity index (χ3n) is 2.71. The van der Waals surface area contributed by atoms with Crippen molar-refractivity contribution >= 4 is 22.6 Å². The molecule has 0 spiro atoms. The highest BCUT2D eigenvalue weighted by atomic mass is 127. The van der Waals surface area contributed by atoms with E-state index in [2.05, 4.69) is 15.1 Å². The summed E-state index contributed by atoms with van der Waals surface area (Å²) in [5, 5.41) is 4.35. The minimum absolute atomic E-state index is 0.149. The fraction of sp³-hybridized carbons (Fsp3) is 0.417. The lowest BCUT2D eigenvalue weighted by atomic mass is 10.2. The van der Waals surface area contributed by atoms with Gasteiger partial charge in [0.15, 0.2) is 0 Å². The number of rotatable bonds is 4. The molecule has 19 heavy (non-hydrogen) atoms. The average molecular weight is 374 g/mol. The van der Waals surface area contributed by atoms with Crippen molar-refractivity contribution in [1.29, 1.82) is 0 Å². The van der Waals surface area contributed by atoms with E-state index in [4.69, 9.17) is 4.74 Å². The zero-order valence-corrected chi connectivity index (χ0v) is 13.2. The van der Waals surface area contributed by atoms with Gasteiger partial charge in [0, 0.05) is 20.4 Å². The van der Waals surface area contributed by atoms with Gasteiger partial charge in [0.05, 0.1) is 23.6 Å². The summed E-state index contributed by atoms with van der Waals surface area (Å²) in [5.74, 6) is 0.544. The summed E-state index contributed by atoms with van der Waals surface area (Å²) in [6.45, 7) is 2.34. The Labute approximate surface area is 124 Å². The lowest BCUT2D eigenvalue weighted by Crippen LogP contribution is -2.17. The highest BCUT2D eigenvalue weighted by Gasteiger charge is 2.14. The van der Waals surface area contributed by atoms with E-state index in [-0.39, 0.29) is 5.56 Å². The second-order valence-electron chi connectivity index (χ2n) is 4.12. The first-order chi connectivity index (χ1) is 9.06. The molecule has 0 aliphatic heterocycles. The van der Waals surface area contributed by atoms with Crippen molar-refractivity contribution in [2.45, 2.75) is 20.0 Å². The summed E-state index contributed by atoms with van der Waals surface area (Å²) in [6, 6.07) is 0. The van der Waals surface area contributed by atoms with E-state index in [1.165, 1.54) is 0 Å². The van der Waals surface area contributed by atoms with Crippen molar-refractivity contribution in [3.63, 3.8) is 0 Å². The Bertz CT molecular complexity index is 648. The Hall–Kier alpha value is -1.22. The number of hydrogen-bond acceptors (Lipinski definition) is 4. The van der Waals surface area contributed by atoms with Crippen molar-refractivity contribution in [1.82, 2.24) is 19.7 Å². The summed E-state index contributed by atoms with van der Waals surface area (Å²) >= 11 is 1.98. The Kier molecular flexibility index (Phi) is 4.35. The highest BCUT2D eigenvalue weighted by molar-refractivity contribution is 14.1. The van der Waals surface area contributed by atoms with Crippen LogP contribution in [0.15, 0.2) is 11.0 Å². The van der Waals surface area contributed by atoms with E-state index in [9.17, 15) is 4.79 Å². The number of aromatic nitrogens is 4. The number of halogens is 1. The smallest absolute Gasteiger partial charge is 0.264 e. The van der Waals surface area contributed by atoms with Crippen LogP contribution in [0.4, 0.5) is 0 Å². The molecule has 1 N–H and O–H groups in total. The molecule has 0 bridgehead atoms. The zero-order chi connectivity index (χ0) is 14.0. The summed E-state index contributed by atoms with van der Waals surface area (Å²) in [4.78, 5) is 19.2. The molecule has 0 aromatic carbocycles. The van der Waals surface area contributed by atoms with Gasteiger partial charge in [-0.25, -0.2) is 4.98 Å². The zero-order valence-electron chi connectivity index (χ0n) is 11.0. The number of nitrogens with one attached hydrogen (secondary N) is 1. The first-order valence-electron chi connectivity index (χ1n) is 5.87. The quantitative estimate of drug-likeness (QED) is 0.824. The van der Waals surface area contributed by atoms with Gasteiger partial charge in [0.2, 0.25) is 0 Å². The van der Waals surface area contributed by atoms with Crippen LogP contribution in [0.5, 0.6) is 0 Å². The average Bonchev–Trinajstić information content (AvgIpc) is 2.76. The molecule has 0 radical (unpaired) electrons. The SMILES string of the molecule is CCc1nn(C)cc1-c1nc(COC)c(I)c(=O)[nH]1. The summed E-state index contributed by atoms with van der Waals surface area (Å²) in [6.07, 6.45) is 2.64. The van der Waals surface area contributed by atoms with Crippen molar-refractivity contribution in [2.75, 3.05) is 7.11 Å². The van der Waals surface area contributed by atoms with Gasteiger partial charge in [-0.1, -0.05) is 6.92 Å². The molecule has 0 atom stereocenters. The third-order valence-corrected chi connectivity index (χ3v) is 3.82. The fourth-order valence-electron chi connectivity index (χ4n) is 1.86. The molecule has 0 aliphatic rings. The van der Waals surface area contributed by atoms with Crippen LogP contribution in [0.3, 0.4) is 0 Å². The van der Waals surface area contributed by atoms with Gasteiger partial charge >= 0.3 is 0 Å². The molecule has 6 nitrogen and oxygen atoms in total. The second kappa shape index (κ2) is 5.83. The lowest BCUT2D eigenvalue weighted by molar-refractivity contribution is 0.180. The maximum absolute atomic E-state index is 11.9. The molecular weight excluding hydrogens is 359 g/mol. The van der Waals surface area contributed by atoms with Gasteiger partial charge in [0.25, 0.3) is 5.56 Å². The minimum Gasteiger partial charge on any atom is -0.378 e. The number of H-pyrrole nitrogens is 1. The lowest BCUT2D eigenvalue weighted by Gasteiger charge is -2.05. The summed E-state index contributed by atoms with van der Waals surface area (Å²) in [7, 11) is 3.43. The Balaban J connectivity index is 2.59. The second-order valence-corrected chi connectivity index (χ2v) is 5.20. The molecule has 0 aliphatic carbocycles. The van der Waals surface area contributed by atoms with Crippen molar-refractivity contribution < 1.29 is 4.74 Å². The van der Waals surface area contributed by atoms with Gasteiger partial charge in [-0.15, -0.1) is 0 Å². The van der Waals surface area contributed by atoms with Crippen LogP contribution in [0.2, 0.25) is 0 Å². The standard InChI is InChI=1S/C12H15IN4O2/c1-4-8-7(5-17(2)16-8)11-14-9(6-19-3)10(13)12(18)15-11/h5H,4,6H2,1-3H3,(H,14,15,18). The maximum Gasteiger partial charge on any atom is 0.264 e. The predicted octanol–water partition coefficient (Wildman–Crippen LogP) is 1.48. The van der Waals surface area contributed by atoms with Crippen LogP contribution in [0, 0.1) is 3.57 Å². The van der Waals surface area contributed by atoms with Crippen LogP contribution in [0.25, 0.3) is 11.4 Å². The molecule has 2 heterocycles. The van der Waals surface area contributed by atoms with Crippen molar-refractivity contribution in [3.05, 3.63) is 31.5 Å². The molecule has 0 amide bonds. The Morgan fingerprint density at radius 2 is 2.21 bits per heavy atom. The predicted molar refractivity (Wildman–Crippen MR) is 79.9 cm³/mol. The first-order valence-corrected chi connectivity index (χ1v) is 6.95. The van der Waals surface area contributed by atoms with Crippen LogP contribution in [-0.2, 0) is 24.8 Å². The monoisotopic (exact) mass is 374 g/mol. The number of hydrogen-bond donors (Lipinski definition) is 1. The topological polar surface area (TPSA) is 72.8 Å². The van der Waals surface area contributed by atoms with E-state index in [1.54, 1.807) is 11.8 Å². The molecule has 102 valence electrons. The van der Waals surface area contributed by atoms with E-state index >= 15 is 0 Å². The molecule has 2 rings (SSSR count). The summed E-state index contributed by atoms with van der Waals surface area (Å²) < 4.78 is 7.36. The molecule has 2 aromatic heterocycles. The molecule has 0 saturated carbocycles. The molecular formula is C12H15IN4O2. The van der Waals surface area contributed by atoms with Gasteiger partial charge in [0.1, 0.15) is 9.39 Å². The normalized spacial score (nSPS) is 10.9.